The molecule has 0 bridgehead atoms. The van der Waals surface area contributed by atoms with Gasteiger partial charge in [0.15, 0.2) is 5.78 Å². The Morgan fingerprint density at radius 3 is 2.21 bits per heavy atom. The van der Waals surface area contributed by atoms with Gasteiger partial charge in [0.25, 0.3) is 0 Å². The monoisotopic (exact) mass is 320 g/mol. The Hall–Kier alpha value is -2.22. The maximum Gasteiger partial charge on any atom is 0.166 e. The maximum absolute atomic E-state index is 13.0. The van der Waals surface area contributed by atoms with Gasteiger partial charge < -0.3 is 0 Å². The maximum atomic E-state index is 13.0. The van der Waals surface area contributed by atoms with Crippen LogP contribution in [-0.2, 0) is 4.79 Å². The van der Waals surface area contributed by atoms with E-state index in [0.29, 0.717) is 12.2 Å². The Labute approximate surface area is 143 Å². The van der Waals surface area contributed by atoms with E-state index in [1.807, 2.05) is 55.5 Å². The first-order valence-electron chi connectivity index (χ1n) is 8.85. The first-order valence-corrected chi connectivity index (χ1v) is 8.85. The number of carbonyl (C=O) groups is 2. The molecule has 24 heavy (non-hydrogen) atoms. The second-order valence-corrected chi connectivity index (χ2v) is 6.77. The molecule has 0 saturated heterocycles. The molecule has 0 spiro atoms. The van der Waals surface area contributed by atoms with Gasteiger partial charge in [-0.25, -0.2) is 0 Å². The van der Waals surface area contributed by atoms with E-state index in [2.05, 4.69) is 12.1 Å². The van der Waals surface area contributed by atoms with Gasteiger partial charge in [0.2, 0.25) is 0 Å². The van der Waals surface area contributed by atoms with Crippen LogP contribution in [0, 0.1) is 11.8 Å². The summed E-state index contributed by atoms with van der Waals surface area (Å²) < 4.78 is 0. The van der Waals surface area contributed by atoms with Gasteiger partial charge in [-0.1, -0.05) is 74.0 Å². The topological polar surface area (TPSA) is 34.1 Å². The molecule has 0 amide bonds. The van der Waals surface area contributed by atoms with E-state index >= 15 is 0 Å². The van der Waals surface area contributed by atoms with Gasteiger partial charge in [-0.15, -0.1) is 0 Å². The molecule has 3 rings (SSSR count). The fourth-order valence-electron chi connectivity index (χ4n) is 3.96. The summed E-state index contributed by atoms with van der Waals surface area (Å²) in [5, 5.41) is 0. The Bertz CT molecular complexity index is 690. The predicted octanol–water partition coefficient (Wildman–Crippen LogP) is 5.05. The lowest BCUT2D eigenvalue weighted by molar-refractivity contribution is -0.125. The number of hydrogen-bond donors (Lipinski definition) is 0. The number of Topliss-reactive ketones (excluding diaryl/α,β-unsaturated/α-hetero) is 2. The van der Waals surface area contributed by atoms with Gasteiger partial charge in [0.05, 0.1) is 0 Å². The molecule has 3 atom stereocenters. The number of benzene rings is 2. The van der Waals surface area contributed by atoms with Crippen molar-refractivity contribution < 1.29 is 9.59 Å². The summed E-state index contributed by atoms with van der Waals surface area (Å²) in [6.45, 7) is 1.98. The highest BCUT2D eigenvalue weighted by Gasteiger charge is 2.37. The summed E-state index contributed by atoms with van der Waals surface area (Å²) in [6, 6.07) is 19.5. The molecule has 1 fully saturated rings. The zero-order valence-electron chi connectivity index (χ0n) is 14.2. The largest absolute Gasteiger partial charge is 0.299 e. The molecule has 0 aromatic heterocycles. The van der Waals surface area contributed by atoms with Crippen LogP contribution in [0.5, 0.6) is 0 Å². The normalized spacial score (nSPS) is 20.4. The second-order valence-electron chi connectivity index (χ2n) is 6.77. The van der Waals surface area contributed by atoms with E-state index in [-0.39, 0.29) is 23.5 Å². The molecule has 2 aromatic carbocycles. The molecule has 1 saturated carbocycles. The molecular weight excluding hydrogens is 296 g/mol. The smallest absolute Gasteiger partial charge is 0.166 e. The van der Waals surface area contributed by atoms with Crippen molar-refractivity contribution in [3.05, 3.63) is 71.8 Å². The van der Waals surface area contributed by atoms with Crippen LogP contribution >= 0.6 is 0 Å². The minimum atomic E-state index is -0.207. The molecule has 1 aliphatic carbocycles. The summed E-state index contributed by atoms with van der Waals surface area (Å²) in [7, 11) is 0. The summed E-state index contributed by atoms with van der Waals surface area (Å²) in [4.78, 5) is 25.6. The highest BCUT2D eigenvalue weighted by atomic mass is 16.1. The summed E-state index contributed by atoms with van der Waals surface area (Å²) in [5.74, 6) is 0.169. The van der Waals surface area contributed by atoms with E-state index in [4.69, 9.17) is 0 Å². The molecule has 2 aromatic rings. The Balaban J connectivity index is 1.95. The van der Waals surface area contributed by atoms with Crippen LogP contribution in [0.1, 0.15) is 54.4 Å². The van der Waals surface area contributed by atoms with Crippen LogP contribution in [-0.4, -0.2) is 11.6 Å². The molecular formula is C22H24O2. The quantitative estimate of drug-likeness (QED) is 0.723. The van der Waals surface area contributed by atoms with E-state index in [1.165, 1.54) is 0 Å². The van der Waals surface area contributed by atoms with Crippen molar-refractivity contribution in [2.45, 2.75) is 38.5 Å². The predicted molar refractivity (Wildman–Crippen MR) is 96.1 cm³/mol. The van der Waals surface area contributed by atoms with Crippen molar-refractivity contribution in [1.82, 2.24) is 0 Å². The number of rotatable bonds is 5. The first kappa shape index (κ1) is 16.6. The SMILES string of the molecule is CC(C(=O)c1ccccc1)C(c1ccccc1)C1CCCCC1=O. The Morgan fingerprint density at radius 2 is 1.58 bits per heavy atom. The first-order chi connectivity index (χ1) is 11.7. The molecule has 0 radical (unpaired) electrons. The lowest BCUT2D eigenvalue weighted by Gasteiger charge is -2.33. The molecule has 0 aliphatic heterocycles. The van der Waals surface area contributed by atoms with Crippen molar-refractivity contribution in [2.75, 3.05) is 0 Å². The Morgan fingerprint density at radius 1 is 0.958 bits per heavy atom. The lowest BCUT2D eigenvalue weighted by atomic mass is 9.69. The highest BCUT2D eigenvalue weighted by Crippen LogP contribution is 2.40. The van der Waals surface area contributed by atoms with Crippen LogP contribution in [0.25, 0.3) is 0 Å². The minimum absolute atomic E-state index is 0.0355. The van der Waals surface area contributed by atoms with E-state index in [1.54, 1.807) is 0 Å². The Kier molecular flexibility index (Phi) is 5.24. The molecule has 0 heterocycles. The van der Waals surface area contributed by atoms with Crippen LogP contribution < -0.4 is 0 Å². The molecule has 2 nitrogen and oxygen atoms in total. The van der Waals surface area contributed by atoms with Crippen LogP contribution in [0.2, 0.25) is 0 Å². The average Bonchev–Trinajstić information content (AvgIpc) is 2.64. The van der Waals surface area contributed by atoms with Gasteiger partial charge in [0.1, 0.15) is 5.78 Å². The van der Waals surface area contributed by atoms with Gasteiger partial charge in [-0.3, -0.25) is 9.59 Å². The average molecular weight is 320 g/mol. The van der Waals surface area contributed by atoms with Crippen LogP contribution in [0.3, 0.4) is 0 Å². The van der Waals surface area contributed by atoms with Gasteiger partial charge in [-0.2, -0.15) is 0 Å². The molecule has 124 valence electrons. The van der Waals surface area contributed by atoms with Crippen molar-refractivity contribution in [1.29, 1.82) is 0 Å². The fourth-order valence-corrected chi connectivity index (χ4v) is 3.96. The number of ketones is 2. The second kappa shape index (κ2) is 7.57. The van der Waals surface area contributed by atoms with Crippen molar-refractivity contribution in [3.63, 3.8) is 0 Å². The zero-order chi connectivity index (χ0) is 16.9. The van der Waals surface area contributed by atoms with Gasteiger partial charge >= 0.3 is 0 Å². The third kappa shape index (κ3) is 3.48. The minimum Gasteiger partial charge on any atom is -0.299 e. The molecule has 3 unspecified atom stereocenters. The van der Waals surface area contributed by atoms with Gasteiger partial charge in [0, 0.05) is 29.7 Å². The molecule has 2 heteroatoms. The highest BCUT2D eigenvalue weighted by molar-refractivity contribution is 5.98. The van der Waals surface area contributed by atoms with Gasteiger partial charge in [-0.05, 0) is 18.4 Å². The zero-order valence-corrected chi connectivity index (χ0v) is 14.2. The van der Waals surface area contributed by atoms with E-state index in [9.17, 15) is 9.59 Å². The standard InChI is InChI=1S/C22H24O2/c1-16(22(24)18-12-6-3-7-13-18)21(17-10-4-2-5-11-17)19-14-8-9-15-20(19)23/h2-7,10-13,16,19,21H,8-9,14-15H2,1H3. The lowest BCUT2D eigenvalue weighted by Crippen LogP contribution is -2.32. The van der Waals surface area contributed by atoms with E-state index in [0.717, 1.165) is 30.4 Å². The van der Waals surface area contributed by atoms with Crippen molar-refractivity contribution in [2.24, 2.45) is 11.8 Å². The summed E-state index contributed by atoms with van der Waals surface area (Å²) in [6.07, 6.45) is 3.61. The molecule has 1 aliphatic rings. The summed E-state index contributed by atoms with van der Waals surface area (Å²) >= 11 is 0. The van der Waals surface area contributed by atoms with Crippen molar-refractivity contribution in [3.8, 4) is 0 Å². The third-order valence-electron chi connectivity index (χ3n) is 5.23. The van der Waals surface area contributed by atoms with E-state index < -0.39 is 0 Å². The number of carbonyl (C=O) groups excluding carboxylic acids is 2. The van der Waals surface area contributed by atoms with Crippen LogP contribution in [0.15, 0.2) is 60.7 Å². The number of hydrogen-bond acceptors (Lipinski definition) is 2. The fraction of sp³-hybridized carbons (Fsp3) is 0.364. The van der Waals surface area contributed by atoms with Crippen molar-refractivity contribution >= 4 is 11.6 Å². The molecule has 0 N–H and O–H groups in total. The summed E-state index contributed by atoms with van der Waals surface area (Å²) in [5.41, 5.74) is 1.84. The van der Waals surface area contributed by atoms with Crippen LogP contribution in [0.4, 0.5) is 0 Å². The third-order valence-corrected chi connectivity index (χ3v) is 5.23.